The molecular formula is C6H13N3O3S. The maximum atomic E-state index is 11.3. The van der Waals surface area contributed by atoms with Crippen molar-refractivity contribution in [3.8, 4) is 0 Å². The number of carbonyl (C=O) groups is 2. The zero-order valence-electron chi connectivity index (χ0n) is 6.93. The molecule has 7 heteroatoms. The lowest BCUT2D eigenvalue weighted by molar-refractivity contribution is -0.148. The van der Waals surface area contributed by atoms with E-state index in [1.54, 1.807) is 0 Å². The molecule has 6 nitrogen and oxygen atoms in total. The lowest BCUT2D eigenvalue weighted by Gasteiger charge is -2.23. The third-order valence-corrected chi connectivity index (χ3v) is 2.07. The highest BCUT2D eigenvalue weighted by Gasteiger charge is 2.42. The van der Waals surface area contributed by atoms with Gasteiger partial charge in [0.2, 0.25) is 0 Å². The summed E-state index contributed by atoms with van der Waals surface area (Å²) in [6.45, 7) is -0.483. The summed E-state index contributed by atoms with van der Waals surface area (Å²) in [4.78, 5) is 21.9. The van der Waals surface area contributed by atoms with Crippen LogP contribution < -0.4 is 17.2 Å². The van der Waals surface area contributed by atoms with E-state index in [9.17, 15) is 9.59 Å². The van der Waals surface area contributed by atoms with Gasteiger partial charge in [-0.1, -0.05) is 0 Å². The number of hydrogen-bond acceptors (Lipinski definition) is 6. The van der Waals surface area contributed by atoms with E-state index < -0.39 is 29.9 Å². The molecule has 0 heterocycles. The van der Waals surface area contributed by atoms with Crippen LogP contribution in [0.1, 0.15) is 0 Å². The van der Waals surface area contributed by atoms with Crippen LogP contribution in [-0.4, -0.2) is 40.7 Å². The molecule has 7 N–H and O–H groups in total. The maximum Gasteiger partial charge on any atom is 0.332 e. The summed E-state index contributed by atoms with van der Waals surface area (Å²) in [5, 5.41) is 8.64. The van der Waals surface area contributed by atoms with Crippen LogP contribution in [0.3, 0.4) is 0 Å². The number of rotatable bonds is 5. The van der Waals surface area contributed by atoms with Crippen molar-refractivity contribution in [2.75, 3.05) is 12.3 Å². The van der Waals surface area contributed by atoms with E-state index in [2.05, 4.69) is 12.6 Å². The molecule has 13 heavy (non-hydrogen) atoms. The van der Waals surface area contributed by atoms with Crippen LogP contribution in [0.25, 0.3) is 0 Å². The van der Waals surface area contributed by atoms with Crippen LogP contribution in [0.5, 0.6) is 0 Å². The van der Waals surface area contributed by atoms with Gasteiger partial charge >= 0.3 is 5.97 Å². The van der Waals surface area contributed by atoms with E-state index in [0.29, 0.717) is 0 Å². The van der Waals surface area contributed by atoms with E-state index in [1.165, 1.54) is 0 Å². The van der Waals surface area contributed by atoms with Gasteiger partial charge < -0.3 is 22.3 Å². The second-order valence-electron chi connectivity index (χ2n) is 2.63. The van der Waals surface area contributed by atoms with Crippen LogP contribution in [0, 0.1) is 0 Å². The van der Waals surface area contributed by atoms with Gasteiger partial charge in [0.15, 0.2) is 11.3 Å². The molecule has 0 aliphatic carbocycles. The number of thiol groups is 1. The smallest absolute Gasteiger partial charge is 0.332 e. The highest BCUT2D eigenvalue weighted by atomic mass is 32.1. The fraction of sp³-hybridized carbons (Fsp3) is 0.667. The molecule has 0 aromatic heterocycles. The molecule has 2 unspecified atom stereocenters. The first-order valence-corrected chi connectivity index (χ1v) is 4.16. The van der Waals surface area contributed by atoms with Gasteiger partial charge in [0.1, 0.15) is 0 Å². The van der Waals surface area contributed by atoms with E-state index in [0.717, 1.165) is 0 Å². The van der Waals surface area contributed by atoms with Crippen LogP contribution in [-0.2, 0) is 9.59 Å². The number of Topliss-reactive ketones (excluding diaryl/α,β-unsaturated/α-hetero) is 1. The van der Waals surface area contributed by atoms with Gasteiger partial charge in [-0.2, -0.15) is 12.6 Å². The van der Waals surface area contributed by atoms with Gasteiger partial charge in [-0.05, 0) is 0 Å². The SMILES string of the molecule is NCC(N)(C(=O)O)C(=O)C(N)CS. The van der Waals surface area contributed by atoms with Crippen molar-refractivity contribution in [2.24, 2.45) is 17.2 Å². The van der Waals surface area contributed by atoms with Gasteiger partial charge in [-0.3, -0.25) is 4.79 Å². The topological polar surface area (TPSA) is 132 Å². The molecule has 0 spiro atoms. The summed E-state index contributed by atoms with van der Waals surface area (Å²) in [6, 6.07) is -1.01. The lowest BCUT2D eigenvalue weighted by Crippen LogP contribution is -2.64. The van der Waals surface area contributed by atoms with E-state index in [-0.39, 0.29) is 5.75 Å². The Kier molecular flexibility index (Phi) is 4.34. The first kappa shape index (κ1) is 12.4. The Morgan fingerprint density at radius 3 is 2.23 bits per heavy atom. The molecule has 0 amide bonds. The molecule has 0 aromatic rings. The Hall–Kier alpha value is -0.630. The molecule has 0 fully saturated rings. The van der Waals surface area contributed by atoms with Crippen LogP contribution in [0.15, 0.2) is 0 Å². The van der Waals surface area contributed by atoms with Crippen molar-refractivity contribution in [1.29, 1.82) is 0 Å². The summed E-state index contributed by atoms with van der Waals surface area (Å²) < 4.78 is 0. The van der Waals surface area contributed by atoms with Gasteiger partial charge in [-0.25, -0.2) is 4.79 Å². The molecule has 0 aromatic carbocycles. The quantitative estimate of drug-likeness (QED) is 0.251. The fourth-order valence-corrected chi connectivity index (χ4v) is 0.873. The minimum atomic E-state index is -2.10. The minimum absolute atomic E-state index is 0.0328. The molecular weight excluding hydrogens is 194 g/mol. The Morgan fingerprint density at radius 1 is 1.54 bits per heavy atom. The third-order valence-electron chi connectivity index (χ3n) is 1.68. The fourth-order valence-electron chi connectivity index (χ4n) is 0.707. The second-order valence-corrected chi connectivity index (χ2v) is 3.00. The highest BCUT2D eigenvalue weighted by Crippen LogP contribution is 2.04. The minimum Gasteiger partial charge on any atom is -0.479 e. The summed E-state index contributed by atoms with van der Waals surface area (Å²) in [7, 11) is 0. The number of aliphatic carboxylic acids is 1. The summed E-state index contributed by atoms with van der Waals surface area (Å²) >= 11 is 3.76. The van der Waals surface area contributed by atoms with Crippen molar-refractivity contribution >= 4 is 24.4 Å². The lowest BCUT2D eigenvalue weighted by atomic mass is 9.91. The number of ketones is 1. The molecule has 0 radical (unpaired) electrons. The Bertz CT molecular complexity index is 223. The Morgan fingerprint density at radius 2 is 2.00 bits per heavy atom. The number of hydrogen-bond donors (Lipinski definition) is 5. The third kappa shape index (κ3) is 2.41. The molecule has 2 atom stereocenters. The first-order valence-electron chi connectivity index (χ1n) is 3.53. The largest absolute Gasteiger partial charge is 0.479 e. The average Bonchev–Trinajstić information content (AvgIpc) is 2.13. The monoisotopic (exact) mass is 207 g/mol. The predicted molar refractivity (Wildman–Crippen MR) is 50.4 cm³/mol. The molecule has 0 aliphatic rings. The van der Waals surface area contributed by atoms with E-state index in [4.69, 9.17) is 22.3 Å². The maximum absolute atomic E-state index is 11.3. The number of nitrogens with two attached hydrogens (primary N) is 3. The van der Waals surface area contributed by atoms with Crippen LogP contribution in [0.4, 0.5) is 0 Å². The zero-order valence-corrected chi connectivity index (χ0v) is 7.83. The zero-order chi connectivity index (χ0) is 10.6. The molecule has 0 saturated carbocycles. The van der Waals surface area contributed by atoms with E-state index in [1.807, 2.05) is 0 Å². The number of carboxylic acid groups (broad SMARTS) is 1. The molecule has 0 aliphatic heterocycles. The Labute approximate surface area is 80.9 Å². The molecule has 76 valence electrons. The van der Waals surface area contributed by atoms with Crippen molar-refractivity contribution in [1.82, 2.24) is 0 Å². The molecule has 0 saturated heterocycles. The van der Waals surface area contributed by atoms with E-state index >= 15 is 0 Å². The second kappa shape index (κ2) is 4.56. The predicted octanol–water partition coefficient (Wildman–Crippen LogP) is -2.45. The van der Waals surface area contributed by atoms with Crippen molar-refractivity contribution in [3.63, 3.8) is 0 Å². The summed E-state index contributed by atoms with van der Waals surface area (Å²) in [5.41, 5.74) is 13.6. The van der Waals surface area contributed by atoms with Gasteiger partial charge in [0.05, 0.1) is 6.04 Å². The first-order chi connectivity index (χ1) is 5.90. The van der Waals surface area contributed by atoms with Crippen molar-refractivity contribution in [3.05, 3.63) is 0 Å². The van der Waals surface area contributed by atoms with Crippen LogP contribution >= 0.6 is 12.6 Å². The number of carbonyl (C=O) groups excluding carboxylic acids is 1. The molecule has 0 bridgehead atoms. The average molecular weight is 207 g/mol. The van der Waals surface area contributed by atoms with Crippen molar-refractivity contribution < 1.29 is 14.7 Å². The van der Waals surface area contributed by atoms with Gasteiger partial charge in [0, 0.05) is 12.3 Å². The van der Waals surface area contributed by atoms with Crippen LogP contribution in [0.2, 0.25) is 0 Å². The highest BCUT2D eigenvalue weighted by molar-refractivity contribution is 7.80. The Balaban J connectivity index is 4.77. The summed E-state index contributed by atoms with van der Waals surface area (Å²) in [5.74, 6) is -2.25. The van der Waals surface area contributed by atoms with Gasteiger partial charge in [0.25, 0.3) is 0 Å². The van der Waals surface area contributed by atoms with Gasteiger partial charge in [-0.15, -0.1) is 0 Å². The summed E-state index contributed by atoms with van der Waals surface area (Å²) in [6.07, 6.45) is 0. The number of carboxylic acids is 1. The normalized spacial score (nSPS) is 17.5. The molecule has 0 rings (SSSR count). The standard InChI is InChI=1S/C6H13N3O3S/c7-2-6(9,5(11)12)4(10)3(8)1-13/h3,13H,1-2,7-9H2,(H,11,12). The van der Waals surface area contributed by atoms with Crippen molar-refractivity contribution in [2.45, 2.75) is 11.6 Å².